The van der Waals surface area contributed by atoms with Gasteiger partial charge in [0.05, 0.1) is 5.92 Å². The zero-order valence-corrected chi connectivity index (χ0v) is 15.5. The summed E-state index contributed by atoms with van der Waals surface area (Å²) in [4.78, 5) is 26.9. The molecule has 2 aliphatic rings. The summed E-state index contributed by atoms with van der Waals surface area (Å²) >= 11 is 0. The maximum atomic E-state index is 12.6. The number of urea groups is 1. The second kappa shape index (κ2) is 8.54. The number of anilines is 1. The van der Waals surface area contributed by atoms with Crippen molar-refractivity contribution in [3.05, 3.63) is 29.8 Å². The first-order valence-electron chi connectivity index (χ1n) is 9.70. The number of likely N-dealkylation sites (tertiary alicyclic amines) is 1. The third-order valence-corrected chi connectivity index (χ3v) is 5.47. The quantitative estimate of drug-likeness (QED) is 0.776. The summed E-state index contributed by atoms with van der Waals surface area (Å²) < 4.78 is 0. The van der Waals surface area contributed by atoms with Crippen LogP contribution < -0.4 is 16.4 Å². The minimum absolute atomic E-state index is 0.0820. The average Bonchev–Trinajstić information content (AvgIpc) is 2.64. The van der Waals surface area contributed by atoms with Gasteiger partial charge in [0.2, 0.25) is 5.91 Å². The second-order valence-electron chi connectivity index (χ2n) is 7.71. The van der Waals surface area contributed by atoms with Crippen LogP contribution in [0.3, 0.4) is 0 Å². The molecule has 3 amide bonds. The van der Waals surface area contributed by atoms with E-state index in [4.69, 9.17) is 5.73 Å². The van der Waals surface area contributed by atoms with Gasteiger partial charge in [-0.15, -0.1) is 0 Å². The molecule has 1 unspecified atom stereocenters. The lowest BCUT2D eigenvalue weighted by atomic mass is 9.90. The van der Waals surface area contributed by atoms with Crippen molar-refractivity contribution in [1.82, 2.24) is 10.2 Å². The predicted molar refractivity (Wildman–Crippen MR) is 103 cm³/mol. The molecule has 0 spiro atoms. The Morgan fingerprint density at radius 1 is 1.15 bits per heavy atom. The maximum absolute atomic E-state index is 12.6. The molecule has 1 atom stereocenters. The molecule has 0 aromatic heterocycles. The highest BCUT2D eigenvalue weighted by Gasteiger charge is 2.30. The van der Waals surface area contributed by atoms with Crippen LogP contribution in [-0.4, -0.2) is 42.0 Å². The molecule has 3 rings (SSSR count). The first-order valence-corrected chi connectivity index (χ1v) is 9.70. The van der Waals surface area contributed by atoms with Gasteiger partial charge in [0.15, 0.2) is 0 Å². The van der Waals surface area contributed by atoms with E-state index in [1.54, 1.807) is 4.90 Å². The van der Waals surface area contributed by atoms with E-state index in [0.717, 1.165) is 49.8 Å². The summed E-state index contributed by atoms with van der Waals surface area (Å²) in [6.07, 6.45) is 5.55. The van der Waals surface area contributed by atoms with Gasteiger partial charge in [-0.05, 0) is 63.1 Å². The van der Waals surface area contributed by atoms with Crippen LogP contribution in [0.25, 0.3) is 0 Å². The topological polar surface area (TPSA) is 87.5 Å². The van der Waals surface area contributed by atoms with Crippen LogP contribution in [0.15, 0.2) is 24.3 Å². The Balaban J connectivity index is 1.51. The lowest BCUT2D eigenvalue weighted by molar-refractivity contribution is -0.127. The Morgan fingerprint density at radius 2 is 1.92 bits per heavy atom. The van der Waals surface area contributed by atoms with Gasteiger partial charge in [-0.2, -0.15) is 0 Å². The number of rotatable bonds is 3. The number of hydrogen-bond acceptors (Lipinski definition) is 3. The molecule has 0 bridgehead atoms. The van der Waals surface area contributed by atoms with Crippen LogP contribution in [-0.2, 0) is 4.79 Å². The van der Waals surface area contributed by atoms with E-state index in [2.05, 4.69) is 10.6 Å². The normalized spacial score (nSPS) is 26.2. The van der Waals surface area contributed by atoms with Crippen molar-refractivity contribution >= 4 is 17.6 Å². The molecule has 1 heterocycles. The third kappa shape index (κ3) is 4.97. The fourth-order valence-corrected chi connectivity index (χ4v) is 3.88. The van der Waals surface area contributed by atoms with E-state index in [-0.39, 0.29) is 29.9 Å². The Labute approximate surface area is 155 Å². The fourth-order valence-electron chi connectivity index (χ4n) is 3.88. The van der Waals surface area contributed by atoms with E-state index in [1.165, 1.54) is 0 Å². The molecule has 1 saturated carbocycles. The Kier molecular flexibility index (Phi) is 6.14. The third-order valence-electron chi connectivity index (χ3n) is 5.47. The lowest BCUT2D eigenvalue weighted by Gasteiger charge is -2.34. The van der Waals surface area contributed by atoms with Crippen LogP contribution in [0.2, 0.25) is 0 Å². The number of amides is 3. The summed E-state index contributed by atoms with van der Waals surface area (Å²) in [5.41, 5.74) is 7.83. The molecular formula is C20H30N4O2. The minimum Gasteiger partial charge on any atom is -0.353 e. The maximum Gasteiger partial charge on any atom is 0.321 e. The fraction of sp³-hybridized carbons (Fsp3) is 0.600. The molecule has 2 fully saturated rings. The number of aryl methyl sites for hydroxylation is 1. The zero-order chi connectivity index (χ0) is 18.5. The molecule has 1 aromatic rings. The Morgan fingerprint density at radius 3 is 2.65 bits per heavy atom. The van der Waals surface area contributed by atoms with Crippen LogP contribution in [0.5, 0.6) is 0 Å². The summed E-state index contributed by atoms with van der Waals surface area (Å²) in [5.74, 6) is -0.0406. The Bertz CT molecular complexity index is 640. The Hall–Kier alpha value is -2.08. The van der Waals surface area contributed by atoms with Crippen molar-refractivity contribution in [2.75, 3.05) is 18.4 Å². The van der Waals surface area contributed by atoms with Crippen molar-refractivity contribution < 1.29 is 9.59 Å². The summed E-state index contributed by atoms with van der Waals surface area (Å²) in [6, 6.07) is 8.13. The molecule has 6 nitrogen and oxygen atoms in total. The van der Waals surface area contributed by atoms with E-state index in [9.17, 15) is 9.59 Å². The largest absolute Gasteiger partial charge is 0.353 e. The summed E-state index contributed by atoms with van der Waals surface area (Å²) in [7, 11) is 0. The highest BCUT2D eigenvalue weighted by Crippen LogP contribution is 2.21. The van der Waals surface area contributed by atoms with Gasteiger partial charge in [0, 0.05) is 30.9 Å². The number of carbonyl (C=O) groups is 2. The first kappa shape index (κ1) is 18.7. The lowest BCUT2D eigenvalue weighted by Crippen LogP contribution is -2.49. The highest BCUT2D eigenvalue weighted by molar-refractivity contribution is 5.90. The van der Waals surface area contributed by atoms with Crippen LogP contribution in [0.1, 0.15) is 44.1 Å². The molecule has 26 heavy (non-hydrogen) atoms. The first-order chi connectivity index (χ1) is 12.5. The van der Waals surface area contributed by atoms with Crippen LogP contribution in [0.4, 0.5) is 10.5 Å². The van der Waals surface area contributed by atoms with E-state index >= 15 is 0 Å². The SMILES string of the molecule is Cc1cccc(NC(=O)N2CCCC(C(=O)NC3CCC(N)CC3)C2)c1. The van der Waals surface area contributed by atoms with Gasteiger partial charge in [-0.25, -0.2) is 4.79 Å². The molecule has 6 heteroatoms. The molecule has 142 valence electrons. The molecule has 1 aliphatic heterocycles. The standard InChI is InChI=1S/C20H30N4O2/c1-14-4-2-6-18(12-14)23-20(26)24-11-3-5-15(13-24)19(25)22-17-9-7-16(21)8-10-17/h2,4,6,12,15-17H,3,5,7-11,13,21H2,1H3,(H,22,25)(H,23,26). The average molecular weight is 358 g/mol. The van der Waals surface area contributed by atoms with Gasteiger partial charge in [-0.3, -0.25) is 4.79 Å². The predicted octanol–water partition coefficient (Wildman–Crippen LogP) is 2.63. The van der Waals surface area contributed by atoms with Gasteiger partial charge < -0.3 is 21.3 Å². The zero-order valence-electron chi connectivity index (χ0n) is 15.5. The molecule has 4 N–H and O–H groups in total. The monoisotopic (exact) mass is 358 g/mol. The number of carbonyl (C=O) groups excluding carboxylic acids is 2. The van der Waals surface area contributed by atoms with Gasteiger partial charge in [-0.1, -0.05) is 12.1 Å². The number of benzene rings is 1. The highest BCUT2D eigenvalue weighted by atomic mass is 16.2. The van der Waals surface area contributed by atoms with Crippen molar-refractivity contribution in [3.8, 4) is 0 Å². The van der Waals surface area contributed by atoms with Crippen molar-refractivity contribution in [2.45, 2.75) is 57.5 Å². The summed E-state index contributed by atoms with van der Waals surface area (Å²) in [6.45, 7) is 3.17. The van der Waals surface area contributed by atoms with Crippen molar-refractivity contribution in [2.24, 2.45) is 11.7 Å². The van der Waals surface area contributed by atoms with Crippen molar-refractivity contribution in [1.29, 1.82) is 0 Å². The van der Waals surface area contributed by atoms with Crippen LogP contribution >= 0.6 is 0 Å². The molecule has 1 aliphatic carbocycles. The number of nitrogens with zero attached hydrogens (tertiary/aromatic N) is 1. The molecule has 1 saturated heterocycles. The smallest absolute Gasteiger partial charge is 0.321 e. The number of nitrogens with one attached hydrogen (secondary N) is 2. The molecule has 1 aromatic carbocycles. The molecular weight excluding hydrogens is 328 g/mol. The van der Waals surface area contributed by atoms with Gasteiger partial charge in [0.1, 0.15) is 0 Å². The van der Waals surface area contributed by atoms with E-state index in [1.807, 2.05) is 31.2 Å². The van der Waals surface area contributed by atoms with Crippen LogP contribution in [0, 0.1) is 12.8 Å². The minimum atomic E-state index is -0.128. The summed E-state index contributed by atoms with van der Waals surface area (Å²) in [5, 5.41) is 6.11. The number of piperidine rings is 1. The molecule has 0 radical (unpaired) electrons. The number of hydrogen-bond donors (Lipinski definition) is 3. The van der Waals surface area contributed by atoms with Gasteiger partial charge in [0.25, 0.3) is 0 Å². The number of nitrogens with two attached hydrogens (primary N) is 1. The van der Waals surface area contributed by atoms with Crippen molar-refractivity contribution in [3.63, 3.8) is 0 Å². The van der Waals surface area contributed by atoms with E-state index in [0.29, 0.717) is 13.1 Å². The van der Waals surface area contributed by atoms with Gasteiger partial charge >= 0.3 is 6.03 Å². The van der Waals surface area contributed by atoms with E-state index < -0.39 is 0 Å². The second-order valence-corrected chi connectivity index (χ2v) is 7.71.